The number of hydrogen-bond donors (Lipinski definition) is 1. The van der Waals surface area contributed by atoms with Crippen molar-refractivity contribution in [2.75, 3.05) is 0 Å². The van der Waals surface area contributed by atoms with Crippen LogP contribution in [0.15, 0.2) is 17.5 Å². The van der Waals surface area contributed by atoms with Gasteiger partial charge < -0.3 is 5.11 Å². The summed E-state index contributed by atoms with van der Waals surface area (Å²) in [7, 11) is 0. The summed E-state index contributed by atoms with van der Waals surface area (Å²) in [6.07, 6.45) is 6.24. The maximum Gasteiger partial charge on any atom is 0.358 e. The minimum absolute atomic E-state index is 0.0586. The Morgan fingerprint density at radius 3 is 2.85 bits per heavy atom. The van der Waals surface area contributed by atoms with E-state index in [1.807, 2.05) is 17.5 Å². The summed E-state index contributed by atoms with van der Waals surface area (Å²) in [6.45, 7) is 0.771. The lowest BCUT2D eigenvalue weighted by Crippen LogP contribution is -2.16. The first-order valence-electron chi connectivity index (χ1n) is 6.96. The zero-order valence-corrected chi connectivity index (χ0v) is 12.0. The normalized spacial score (nSPS) is 16.4. The van der Waals surface area contributed by atoms with Crippen molar-refractivity contribution >= 4 is 17.3 Å². The Hall–Kier alpha value is -1.69. The lowest BCUT2D eigenvalue weighted by molar-refractivity contribution is 0.0691. The molecule has 0 radical (unpaired) electrons. The molecule has 0 aliphatic heterocycles. The highest BCUT2D eigenvalue weighted by molar-refractivity contribution is 7.13. The van der Waals surface area contributed by atoms with Crippen molar-refractivity contribution in [1.29, 1.82) is 0 Å². The monoisotopic (exact) mass is 291 g/mol. The van der Waals surface area contributed by atoms with Gasteiger partial charge in [0.05, 0.1) is 4.88 Å². The molecule has 2 aromatic heterocycles. The fourth-order valence-corrected chi connectivity index (χ4v) is 3.63. The molecule has 1 aliphatic carbocycles. The van der Waals surface area contributed by atoms with E-state index >= 15 is 0 Å². The largest absolute Gasteiger partial charge is 0.476 e. The third kappa shape index (κ3) is 2.60. The Morgan fingerprint density at radius 1 is 1.40 bits per heavy atom. The number of hydrogen-bond acceptors (Lipinski definition) is 4. The molecular formula is C14H17N3O2S. The Bertz CT molecular complexity index is 586. The third-order valence-electron chi connectivity index (χ3n) is 3.85. The Kier molecular flexibility index (Phi) is 3.82. The first-order valence-corrected chi connectivity index (χ1v) is 7.84. The van der Waals surface area contributed by atoms with Crippen LogP contribution in [0.25, 0.3) is 10.6 Å². The molecule has 0 unspecified atom stereocenters. The fraction of sp³-hybridized carbons (Fsp3) is 0.500. The van der Waals surface area contributed by atoms with Gasteiger partial charge in [-0.15, -0.1) is 16.4 Å². The van der Waals surface area contributed by atoms with Crippen LogP contribution >= 0.6 is 11.3 Å². The Balaban J connectivity index is 1.92. The maximum atomic E-state index is 11.3. The van der Waals surface area contributed by atoms with Crippen molar-refractivity contribution in [2.45, 2.75) is 38.6 Å². The van der Waals surface area contributed by atoms with Crippen LogP contribution in [-0.2, 0) is 6.54 Å². The van der Waals surface area contributed by atoms with Gasteiger partial charge >= 0.3 is 5.97 Å². The summed E-state index contributed by atoms with van der Waals surface area (Å²) in [5.41, 5.74) is 0.710. The number of nitrogens with zero attached hydrogens (tertiary/aromatic N) is 3. The molecule has 106 valence electrons. The van der Waals surface area contributed by atoms with E-state index in [4.69, 9.17) is 0 Å². The van der Waals surface area contributed by atoms with Crippen LogP contribution in [0.1, 0.15) is 42.6 Å². The van der Waals surface area contributed by atoms with Crippen LogP contribution in [0, 0.1) is 5.92 Å². The van der Waals surface area contributed by atoms with Gasteiger partial charge in [-0.1, -0.05) is 30.5 Å². The first kappa shape index (κ1) is 13.3. The van der Waals surface area contributed by atoms with Crippen molar-refractivity contribution < 1.29 is 9.90 Å². The predicted molar refractivity (Wildman–Crippen MR) is 76.9 cm³/mol. The smallest absolute Gasteiger partial charge is 0.358 e. The van der Waals surface area contributed by atoms with Gasteiger partial charge in [-0.25, -0.2) is 9.48 Å². The van der Waals surface area contributed by atoms with Gasteiger partial charge in [-0.05, 0) is 30.2 Å². The molecule has 6 heteroatoms. The number of carboxylic acids is 1. The molecule has 5 nitrogen and oxygen atoms in total. The fourth-order valence-electron chi connectivity index (χ4n) is 2.86. The third-order valence-corrected chi connectivity index (χ3v) is 4.72. The molecule has 1 aliphatic rings. The van der Waals surface area contributed by atoms with Gasteiger partial charge in [-0.3, -0.25) is 0 Å². The molecule has 20 heavy (non-hydrogen) atoms. The van der Waals surface area contributed by atoms with E-state index in [9.17, 15) is 9.90 Å². The zero-order valence-electron chi connectivity index (χ0n) is 11.2. The lowest BCUT2D eigenvalue weighted by atomic mass is 9.89. The highest BCUT2D eigenvalue weighted by Crippen LogP contribution is 2.30. The van der Waals surface area contributed by atoms with Crippen LogP contribution in [-0.4, -0.2) is 26.1 Å². The van der Waals surface area contributed by atoms with Crippen molar-refractivity contribution in [3.63, 3.8) is 0 Å². The van der Waals surface area contributed by atoms with Crippen LogP contribution in [0.5, 0.6) is 0 Å². The topological polar surface area (TPSA) is 68.0 Å². The Morgan fingerprint density at radius 2 is 2.20 bits per heavy atom. The molecule has 0 bridgehead atoms. The molecule has 2 aromatic rings. The highest BCUT2D eigenvalue weighted by Gasteiger charge is 2.23. The number of aromatic nitrogens is 3. The second-order valence-corrected chi connectivity index (χ2v) is 6.20. The van der Waals surface area contributed by atoms with E-state index in [1.54, 1.807) is 4.68 Å². The maximum absolute atomic E-state index is 11.3. The minimum atomic E-state index is -1.01. The standard InChI is InChI=1S/C14H17N3O2S/c18-14(19)12-13(11-7-4-8-20-11)17(16-15-12)9-10-5-2-1-3-6-10/h4,7-8,10H,1-3,5-6,9H2,(H,18,19). The Labute approximate surface area is 121 Å². The molecular weight excluding hydrogens is 274 g/mol. The van der Waals surface area contributed by atoms with E-state index in [1.165, 1.54) is 43.4 Å². The molecule has 0 saturated heterocycles. The number of aromatic carboxylic acids is 1. The quantitative estimate of drug-likeness (QED) is 0.938. The lowest BCUT2D eigenvalue weighted by Gasteiger charge is -2.21. The summed E-state index contributed by atoms with van der Waals surface area (Å²) >= 11 is 1.52. The van der Waals surface area contributed by atoms with E-state index in [-0.39, 0.29) is 5.69 Å². The van der Waals surface area contributed by atoms with Crippen molar-refractivity contribution in [2.24, 2.45) is 5.92 Å². The van der Waals surface area contributed by atoms with E-state index in [2.05, 4.69) is 10.3 Å². The molecule has 1 fully saturated rings. The number of rotatable bonds is 4. The SMILES string of the molecule is O=C(O)c1nnn(CC2CCCCC2)c1-c1cccs1. The average Bonchev–Trinajstić information content (AvgIpc) is 3.08. The molecule has 0 amide bonds. The second-order valence-electron chi connectivity index (χ2n) is 5.26. The molecule has 0 atom stereocenters. The molecule has 3 rings (SSSR count). The van der Waals surface area contributed by atoms with E-state index in [0.717, 1.165) is 11.4 Å². The summed E-state index contributed by atoms with van der Waals surface area (Å²) in [5, 5.41) is 19.2. The molecule has 0 aromatic carbocycles. The van der Waals surface area contributed by atoms with Crippen LogP contribution in [0.2, 0.25) is 0 Å². The van der Waals surface area contributed by atoms with Crippen molar-refractivity contribution in [3.05, 3.63) is 23.2 Å². The van der Waals surface area contributed by atoms with Gasteiger partial charge in [0.25, 0.3) is 0 Å². The second kappa shape index (κ2) is 5.75. The zero-order chi connectivity index (χ0) is 13.9. The van der Waals surface area contributed by atoms with Crippen molar-refractivity contribution in [3.8, 4) is 10.6 Å². The molecule has 2 heterocycles. The molecule has 0 spiro atoms. The number of carbonyl (C=O) groups is 1. The van der Waals surface area contributed by atoms with Crippen LogP contribution < -0.4 is 0 Å². The highest BCUT2D eigenvalue weighted by atomic mass is 32.1. The molecule has 1 N–H and O–H groups in total. The van der Waals surface area contributed by atoms with E-state index < -0.39 is 5.97 Å². The van der Waals surface area contributed by atoms with Gasteiger partial charge in [-0.2, -0.15) is 0 Å². The first-order chi connectivity index (χ1) is 9.75. The summed E-state index contributed by atoms with van der Waals surface area (Å²) in [4.78, 5) is 12.2. The number of carboxylic acid groups (broad SMARTS) is 1. The van der Waals surface area contributed by atoms with Crippen LogP contribution in [0.4, 0.5) is 0 Å². The molecule has 1 saturated carbocycles. The van der Waals surface area contributed by atoms with Gasteiger partial charge in [0.2, 0.25) is 0 Å². The van der Waals surface area contributed by atoms with Crippen LogP contribution in [0.3, 0.4) is 0 Å². The van der Waals surface area contributed by atoms with Gasteiger partial charge in [0, 0.05) is 6.54 Å². The van der Waals surface area contributed by atoms with Gasteiger partial charge in [0.15, 0.2) is 5.69 Å². The minimum Gasteiger partial charge on any atom is -0.476 e. The van der Waals surface area contributed by atoms with Crippen molar-refractivity contribution in [1.82, 2.24) is 15.0 Å². The summed E-state index contributed by atoms with van der Waals surface area (Å²) < 4.78 is 1.78. The predicted octanol–water partition coefficient (Wildman–Crippen LogP) is 3.29. The number of thiophene rings is 1. The average molecular weight is 291 g/mol. The summed E-state index contributed by atoms with van der Waals surface area (Å²) in [6, 6.07) is 3.84. The summed E-state index contributed by atoms with van der Waals surface area (Å²) in [5.74, 6) is -0.422. The van der Waals surface area contributed by atoms with E-state index in [0.29, 0.717) is 11.6 Å². The van der Waals surface area contributed by atoms with Gasteiger partial charge in [0.1, 0.15) is 5.69 Å².